The van der Waals surface area contributed by atoms with Gasteiger partial charge in [0, 0.05) is 72.3 Å². The summed E-state index contributed by atoms with van der Waals surface area (Å²) in [5.74, 6) is -5.14. The molecule has 2 aromatic rings. The molecule has 0 unspecified atom stereocenters. The van der Waals surface area contributed by atoms with Gasteiger partial charge in [-0.1, -0.05) is 76.6 Å². The Labute approximate surface area is 416 Å². The number of nitrogens with one attached hydrogen (secondary N) is 1. The van der Waals surface area contributed by atoms with E-state index >= 15 is 4.79 Å². The third kappa shape index (κ3) is 5.82. The number of carbonyl (C=O) groups excluding carboxylic acids is 1. The number of ketones is 1. The molecule has 0 amide bonds. The zero-order valence-electron chi connectivity index (χ0n) is 41.9. The molecule has 10 aliphatic carbocycles. The predicted molar refractivity (Wildman–Crippen MR) is 263 cm³/mol. The number of carbonyl (C=O) groups is 1. The van der Waals surface area contributed by atoms with Crippen molar-refractivity contribution in [1.82, 2.24) is 5.32 Å². The highest BCUT2D eigenvalue weighted by Gasteiger charge is 2.85. The molecule has 13 heteroatoms. The SMILES string of the molecule is CCNCC1=C[C@@]2(C)CC[C@@H]1[C@]1(O[C@H]3C[C@@]4(O)C5=CC(=O)[C@@H]6[C@@H]7c8cc(O)cc(O)c8CC[C@]7(O)[C@@H](OCCO)C[C@]6(C)[C@H]5[C@@]5(CC[C@H]6C=c7ccccc7=C(O)[C@@H]65)C[C@]4(C)[C@H]3[C@]1(O)CCO)[C@@H](O)[C@H]2C. The molecule has 1 heterocycles. The smallest absolute Gasteiger partial charge is 0.160 e. The summed E-state index contributed by atoms with van der Waals surface area (Å²) in [7, 11) is 0. The number of hydrogen-bond acceptors (Lipinski definition) is 13. The second-order valence-electron chi connectivity index (χ2n) is 25.1. The fourth-order valence-corrected chi connectivity index (χ4v) is 19.7. The molecule has 71 heavy (non-hydrogen) atoms. The highest BCUT2D eigenvalue weighted by Crippen LogP contribution is 2.81. The van der Waals surface area contributed by atoms with Gasteiger partial charge >= 0.3 is 0 Å². The summed E-state index contributed by atoms with van der Waals surface area (Å²) in [5.41, 5.74) is -7.93. The molecule has 0 radical (unpaired) electrons. The summed E-state index contributed by atoms with van der Waals surface area (Å²) < 4.78 is 14.1. The van der Waals surface area contributed by atoms with E-state index in [1.54, 1.807) is 12.1 Å². The number of aliphatic hydroxyl groups excluding tert-OH is 4. The standard InChI is InChI=1S/C58H75NO12/c1-6-59-28-33-25-51(3)14-13-38(33)58(50(66)30(51)2)56(68,17-18-60)49-42(71-58)26-57(69)39-24-41(64)46-45-37-22-34(62)23-40(63)36(37)12-16-55(45,67)43(70-20-19-61)27-52(46,4)48(39)54(29-53(49,57)5)15-11-32-21-31-9-7-8-10-35(31)47(65)44(32)54/h7-10,21-25,30,32,38,42-46,48-50,59-63,65-69H,6,11-20,26-29H2,1-5H3/t30-,32+,38+,42+,43+,44-,45+,46-,48+,49+,50+,51-,52+,53-,54+,55+,56-,57-,58+/m1/s1. The lowest BCUT2D eigenvalue weighted by Crippen LogP contribution is -2.73. The maximum absolute atomic E-state index is 15.9. The number of hydrogen-bond donors (Lipinski definition) is 10. The van der Waals surface area contributed by atoms with E-state index in [1.807, 2.05) is 38.1 Å². The summed E-state index contributed by atoms with van der Waals surface area (Å²) in [6, 6.07) is 10.7. The van der Waals surface area contributed by atoms with E-state index in [0.717, 1.165) is 29.0 Å². The molecule has 1 aliphatic heterocycles. The maximum Gasteiger partial charge on any atom is 0.160 e. The Morgan fingerprint density at radius 1 is 0.930 bits per heavy atom. The highest BCUT2D eigenvalue weighted by atomic mass is 16.6. The highest BCUT2D eigenvalue weighted by molar-refractivity contribution is 5.96. The number of phenols is 2. The maximum atomic E-state index is 15.9. The van der Waals surface area contributed by atoms with Crippen LogP contribution < -0.4 is 15.8 Å². The van der Waals surface area contributed by atoms with Crippen LogP contribution in [0.3, 0.4) is 0 Å². The van der Waals surface area contributed by atoms with Crippen LogP contribution in [0.25, 0.3) is 11.8 Å². The first kappa shape index (κ1) is 48.3. The van der Waals surface area contributed by atoms with Crippen LogP contribution in [0.2, 0.25) is 0 Å². The van der Waals surface area contributed by atoms with E-state index in [9.17, 15) is 46.0 Å². The third-order valence-corrected chi connectivity index (χ3v) is 22.3. The van der Waals surface area contributed by atoms with Crippen LogP contribution in [0.15, 0.2) is 59.7 Å². The summed E-state index contributed by atoms with van der Waals surface area (Å²) in [6.07, 6.45) is 6.76. The molecule has 1 saturated heterocycles. The Morgan fingerprint density at radius 2 is 1.70 bits per heavy atom. The molecule has 13 rings (SSSR count). The van der Waals surface area contributed by atoms with E-state index < -0.39 is 104 Å². The summed E-state index contributed by atoms with van der Waals surface area (Å²) >= 11 is 0. The monoisotopic (exact) mass is 978 g/mol. The van der Waals surface area contributed by atoms with Crippen molar-refractivity contribution in [3.8, 4) is 11.5 Å². The summed E-state index contributed by atoms with van der Waals surface area (Å²) in [4.78, 5) is 15.9. The first-order chi connectivity index (χ1) is 33.7. The molecule has 6 fully saturated rings. The lowest BCUT2D eigenvalue weighted by molar-refractivity contribution is -0.257. The van der Waals surface area contributed by atoms with Crippen LogP contribution in [-0.2, 0) is 20.7 Å². The number of benzene rings is 2. The van der Waals surface area contributed by atoms with Crippen molar-refractivity contribution in [3.63, 3.8) is 0 Å². The predicted octanol–water partition coefficient (Wildman–Crippen LogP) is 3.94. The quantitative estimate of drug-likeness (QED) is 0.169. The van der Waals surface area contributed by atoms with Gasteiger partial charge in [0.15, 0.2) is 5.78 Å². The molecule has 2 aromatic carbocycles. The van der Waals surface area contributed by atoms with Crippen LogP contribution in [-0.4, -0.2) is 125 Å². The molecule has 384 valence electrons. The first-order valence-corrected chi connectivity index (χ1v) is 26.8. The topological polar surface area (TPSA) is 230 Å². The lowest BCUT2D eigenvalue weighted by Gasteiger charge is -2.70. The van der Waals surface area contributed by atoms with Gasteiger partial charge in [-0.15, -0.1) is 0 Å². The number of allylic oxidation sites excluding steroid dienone is 2. The molecule has 19 atom stereocenters. The minimum Gasteiger partial charge on any atom is -0.511 e. The molecular weight excluding hydrogens is 903 g/mol. The number of fused-ring (bicyclic) bond motifs is 17. The van der Waals surface area contributed by atoms with Gasteiger partial charge in [-0.25, -0.2) is 0 Å². The zero-order chi connectivity index (χ0) is 50.2. The molecule has 11 aliphatic rings. The van der Waals surface area contributed by atoms with Gasteiger partial charge in [0.2, 0.25) is 0 Å². The zero-order valence-corrected chi connectivity index (χ0v) is 41.9. The normalized spacial score (nSPS) is 48.6. The van der Waals surface area contributed by atoms with Crippen LogP contribution in [0.5, 0.6) is 11.5 Å². The van der Waals surface area contributed by atoms with Gasteiger partial charge in [0.1, 0.15) is 28.5 Å². The Bertz CT molecular complexity index is 2780. The average molecular weight is 978 g/mol. The van der Waals surface area contributed by atoms with E-state index in [-0.39, 0.29) is 86.6 Å². The number of rotatable bonds is 8. The Balaban J connectivity index is 1.10. The minimum atomic E-state index is -1.87. The Kier molecular flexibility index (Phi) is 10.7. The van der Waals surface area contributed by atoms with Crippen molar-refractivity contribution in [3.05, 3.63) is 81.3 Å². The van der Waals surface area contributed by atoms with E-state index in [1.165, 1.54) is 6.07 Å². The Hall–Kier alpha value is -3.63. The molecule has 13 nitrogen and oxygen atoms in total. The van der Waals surface area contributed by atoms with Gasteiger partial charge in [-0.3, -0.25) is 4.79 Å². The van der Waals surface area contributed by atoms with E-state index in [2.05, 4.69) is 38.2 Å². The third-order valence-electron chi connectivity index (χ3n) is 22.3. The van der Waals surface area contributed by atoms with Crippen molar-refractivity contribution in [1.29, 1.82) is 0 Å². The molecule has 2 bridgehead atoms. The summed E-state index contributed by atoms with van der Waals surface area (Å²) in [6.45, 7) is 10.8. The molecule has 10 N–H and O–H groups in total. The molecular formula is C58H75NO12. The number of aromatic hydroxyl groups is 2. The second kappa shape index (κ2) is 15.7. The molecule has 2 spiro atoms. The van der Waals surface area contributed by atoms with Crippen molar-refractivity contribution in [2.24, 2.45) is 63.1 Å². The van der Waals surface area contributed by atoms with Crippen molar-refractivity contribution >= 4 is 17.6 Å². The van der Waals surface area contributed by atoms with Gasteiger partial charge in [0.25, 0.3) is 0 Å². The largest absolute Gasteiger partial charge is 0.511 e. The fraction of sp³-hybridized carbons (Fsp3) is 0.672. The number of aliphatic hydroxyl groups is 7. The molecule has 0 aromatic heterocycles. The van der Waals surface area contributed by atoms with Gasteiger partial charge in [-0.2, -0.15) is 0 Å². The van der Waals surface area contributed by atoms with Gasteiger partial charge in [0.05, 0.1) is 42.7 Å². The van der Waals surface area contributed by atoms with Crippen LogP contribution in [0, 0.1) is 63.1 Å². The van der Waals surface area contributed by atoms with Crippen molar-refractivity contribution in [2.75, 3.05) is 32.9 Å². The van der Waals surface area contributed by atoms with Gasteiger partial charge < -0.3 is 60.7 Å². The van der Waals surface area contributed by atoms with Crippen molar-refractivity contribution in [2.45, 2.75) is 145 Å². The number of ether oxygens (including phenoxy) is 2. The van der Waals surface area contributed by atoms with E-state index in [4.69, 9.17) is 9.47 Å². The first-order valence-electron chi connectivity index (χ1n) is 26.8. The van der Waals surface area contributed by atoms with Gasteiger partial charge in [-0.05, 0) is 126 Å². The average Bonchev–Trinajstić information content (AvgIpc) is 3.85. The minimum absolute atomic E-state index is 0.00851. The Morgan fingerprint density at radius 3 is 2.45 bits per heavy atom. The van der Waals surface area contributed by atoms with Crippen LogP contribution in [0.1, 0.15) is 109 Å². The lowest BCUT2D eigenvalue weighted by atomic mass is 9.35. The number of likely N-dealkylation sites (N-methyl/N-ethyl adjacent to an activating group) is 1. The number of phenolic OH excluding ortho intramolecular Hbond substituents is 2. The van der Waals surface area contributed by atoms with Crippen molar-refractivity contribution < 1.29 is 60.2 Å². The second-order valence-corrected chi connectivity index (χ2v) is 25.1. The van der Waals surface area contributed by atoms with Crippen LogP contribution in [0.4, 0.5) is 0 Å². The van der Waals surface area contributed by atoms with Crippen LogP contribution >= 0.6 is 0 Å². The van der Waals surface area contributed by atoms with E-state index in [0.29, 0.717) is 42.5 Å². The fourth-order valence-electron chi connectivity index (χ4n) is 19.7. The molecule has 5 saturated carbocycles. The summed E-state index contributed by atoms with van der Waals surface area (Å²) in [5, 5.41) is 117.